The number of anilines is 1. The number of phenols is 2. The Hall–Kier alpha value is -7.35. The third-order valence-corrected chi connectivity index (χ3v) is 11.0. The molecule has 14 nitrogen and oxygen atoms in total. The second kappa shape index (κ2) is 17.9. The largest absolute Gasteiger partial charge is 0.508 e. The molecule has 0 unspecified atom stereocenters. The average Bonchev–Trinajstić information content (AvgIpc) is 3.55. The monoisotopic (exact) mass is 824 g/mol. The molecule has 1 spiro atoms. The highest BCUT2D eigenvalue weighted by Gasteiger charge is 2.53. The molecule has 0 radical (unpaired) electrons. The quantitative estimate of drug-likeness (QED) is 0.0522. The van der Waals surface area contributed by atoms with Crippen molar-refractivity contribution >= 4 is 35.6 Å². The van der Waals surface area contributed by atoms with E-state index in [1.54, 1.807) is 67.0 Å². The lowest BCUT2D eigenvalue weighted by Gasteiger charge is -2.36. The first kappa shape index (κ1) is 40.4. The van der Waals surface area contributed by atoms with Crippen LogP contribution in [0, 0.1) is 5.92 Å². The van der Waals surface area contributed by atoms with E-state index in [2.05, 4.69) is 15.6 Å². The number of esters is 1. The van der Waals surface area contributed by atoms with Gasteiger partial charge in [-0.2, -0.15) is 0 Å². The Morgan fingerprint density at radius 1 is 0.869 bits per heavy atom. The van der Waals surface area contributed by atoms with Crippen LogP contribution < -0.4 is 20.1 Å². The number of hydrogen-bond acceptors (Lipinski definition) is 11. The molecule has 0 saturated carbocycles. The molecule has 4 aromatic carbocycles. The second-order valence-electron chi connectivity index (χ2n) is 15.1. The van der Waals surface area contributed by atoms with E-state index in [1.807, 2.05) is 17.0 Å². The molecule has 1 saturated heterocycles. The maximum Gasteiger partial charge on any atom is 0.411 e. The highest BCUT2D eigenvalue weighted by atomic mass is 16.6. The van der Waals surface area contributed by atoms with Crippen LogP contribution in [-0.2, 0) is 19.9 Å². The zero-order valence-corrected chi connectivity index (χ0v) is 33.2. The van der Waals surface area contributed by atoms with Crippen LogP contribution in [0.5, 0.6) is 28.7 Å². The summed E-state index contributed by atoms with van der Waals surface area (Å²) in [6.07, 6.45) is 10.7. The Labute approximate surface area is 351 Å². The Balaban J connectivity index is 0.774. The van der Waals surface area contributed by atoms with Crippen LogP contribution in [0.3, 0.4) is 0 Å². The third kappa shape index (κ3) is 8.98. The fourth-order valence-electron chi connectivity index (χ4n) is 8.03. The maximum absolute atomic E-state index is 13.4. The van der Waals surface area contributed by atoms with Crippen molar-refractivity contribution in [2.75, 3.05) is 38.2 Å². The smallest absolute Gasteiger partial charge is 0.411 e. The molecule has 3 amide bonds. The maximum atomic E-state index is 13.4. The molecule has 0 atom stereocenters. The summed E-state index contributed by atoms with van der Waals surface area (Å²) in [5.74, 6) is 0.609. The summed E-state index contributed by atoms with van der Waals surface area (Å²) in [5, 5.41) is 25.9. The third-order valence-electron chi connectivity index (χ3n) is 11.0. The molecule has 312 valence electrons. The molecule has 8 rings (SSSR count). The topological polar surface area (TPSA) is 186 Å². The molecule has 4 N–H and O–H groups in total. The minimum absolute atomic E-state index is 0.0350. The van der Waals surface area contributed by atoms with Gasteiger partial charge in [-0.15, -0.1) is 0 Å². The van der Waals surface area contributed by atoms with Crippen LogP contribution in [0.2, 0.25) is 0 Å². The number of aromatic nitrogens is 1. The summed E-state index contributed by atoms with van der Waals surface area (Å²) < 4.78 is 23.2. The van der Waals surface area contributed by atoms with Crippen molar-refractivity contribution in [1.82, 2.24) is 15.2 Å². The van der Waals surface area contributed by atoms with Crippen molar-refractivity contribution in [3.63, 3.8) is 0 Å². The number of fused-ring (bicyclic) bond motifs is 6. The van der Waals surface area contributed by atoms with Crippen molar-refractivity contribution in [2.45, 2.75) is 37.7 Å². The highest BCUT2D eigenvalue weighted by Crippen LogP contribution is 2.57. The van der Waals surface area contributed by atoms with Gasteiger partial charge in [-0.1, -0.05) is 31.0 Å². The van der Waals surface area contributed by atoms with Crippen molar-refractivity contribution in [2.24, 2.45) is 5.92 Å². The Morgan fingerprint density at radius 2 is 1.62 bits per heavy atom. The van der Waals surface area contributed by atoms with Crippen molar-refractivity contribution in [1.29, 1.82) is 0 Å². The second-order valence-corrected chi connectivity index (χ2v) is 15.1. The van der Waals surface area contributed by atoms with Crippen LogP contribution in [0.15, 0.2) is 109 Å². The molecule has 14 heteroatoms. The molecule has 4 heterocycles. The van der Waals surface area contributed by atoms with Crippen LogP contribution in [-0.4, -0.2) is 76.8 Å². The number of carbonyl (C=O) groups is 4. The minimum Gasteiger partial charge on any atom is -0.508 e. The van der Waals surface area contributed by atoms with Gasteiger partial charge >= 0.3 is 12.1 Å². The van der Waals surface area contributed by atoms with Gasteiger partial charge in [0, 0.05) is 78.2 Å². The number of nitrogens with one attached hydrogen (secondary N) is 2. The van der Waals surface area contributed by atoms with Gasteiger partial charge in [0.2, 0.25) is 5.91 Å². The molecule has 0 aliphatic carbocycles. The fourth-order valence-corrected chi connectivity index (χ4v) is 8.03. The lowest BCUT2D eigenvalue weighted by molar-refractivity contribution is -0.116. The number of benzene rings is 4. The molecular formula is C47H44N4O10. The SMILES string of the molecule is O=C(/C=C/c1cccnc1)NCCCCC1CCN(C(=O)c2cccc(OCCOC(=O)Nc3ccc4c(c3)C(=O)OC43c4ccc(O)cc4Oc4cc(O)ccc43)c2)CC1. The number of unbranched alkanes of at least 4 members (excludes halogenated alkanes) is 1. The summed E-state index contributed by atoms with van der Waals surface area (Å²) in [5.41, 5.74) is 1.95. The number of ether oxygens (including phenoxy) is 4. The van der Waals surface area contributed by atoms with Gasteiger partial charge in [-0.3, -0.25) is 19.9 Å². The standard InChI is InChI=1S/C47H44N4O10/c52-34-11-14-39-41(27-34)60-42-28-35(53)12-15-40(42)47(39)38-13-10-33(26-37(38)45(56)61-47)50-46(57)59-24-23-58-36-8-3-7-32(25-36)44(55)51-21-17-30(18-22-51)5-1-2-20-49-43(54)16-9-31-6-4-19-48-29-31/h3-4,6-16,19,25-30,52-53H,1-2,5,17-18,20-24H2,(H,49,54)(H,50,57)/b16-9+. The zero-order valence-electron chi connectivity index (χ0n) is 33.2. The number of hydrogen-bond donors (Lipinski definition) is 4. The first-order valence-electron chi connectivity index (χ1n) is 20.2. The molecule has 3 aliphatic rings. The molecule has 1 fully saturated rings. The van der Waals surface area contributed by atoms with Crippen LogP contribution in [0.1, 0.15) is 75.1 Å². The van der Waals surface area contributed by atoms with Crippen molar-refractivity contribution in [3.05, 3.63) is 143 Å². The number of rotatable bonds is 13. The van der Waals surface area contributed by atoms with E-state index in [1.165, 1.54) is 36.4 Å². The first-order valence-corrected chi connectivity index (χ1v) is 20.2. The summed E-state index contributed by atoms with van der Waals surface area (Å²) in [6.45, 7) is 1.91. The van der Waals surface area contributed by atoms with Gasteiger partial charge in [0.15, 0.2) is 5.60 Å². The van der Waals surface area contributed by atoms with E-state index < -0.39 is 17.7 Å². The predicted octanol–water partition coefficient (Wildman–Crippen LogP) is 7.54. The minimum atomic E-state index is -1.42. The van der Waals surface area contributed by atoms with Gasteiger partial charge in [0.25, 0.3) is 5.91 Å². The lowest BCUT2D eigenvalue weighted by Crippen LogP contribution is -2.38. The number of likely N-dealkylation sites (tertiary alicyclic amines) is 1. The zero-order chi connectivity index (χ0) is 42.3. The molecule has 61 heavy (non-hydrogen) atoms. The summed E-state index contributed by atoms with van der Waals surface area (Å²) in [7, 11) is 0. The van der Waals surface area contributed by atoms with E-state index in [9.17, 15) is 29.4 Å². The van der Waals surface area contributed by atoms with Crippen molar-refractivity contribution in [3.8, 4) is 28.7 Å². The summed E-state index contributed by atoms with van der Waals surface area (Å²) in [4.78, 5) is 57.5. The normalized spacial score (nSPS) is 15.0. The molecule has 3 aliphatic heterocycles. The number of pyridine rings is 1. The number of phenolic OH excluding ortho intramolecular Hbond substituents is 2. The molecule has 1 aromatic heterocycles. The summed E-state index contributed by atoms with van der Waals surface area (Å²) >= 11 is 0. The number of nitrogens with zero attached hydrogens (tertiary/aromatic N) is 2. The van der Waals surface area contributed by atoms with Crippen LogP contribution in [0.4, 0.5) is 10.5 Å². The van der Waals surface area contributed by atoms with E-state index in [-0.39, 0.29) is 53.6 Å². The van der Waals surface area contributed by atoms with E-state index >= 15 is 0 Å². The van der Waals surface area contributed by atoms with Crippen LogP contribution >= 0.6 is 0 Å². The van der Waals surface area contributed by atoms with Gasteiger partial charge in [0.1, 0.15) is 42.0 Å². The van der Waals surface area contributed by atoms with Crippen LogP contribution in [0.25, 0.3) is 6.08 Å². The Morgan fingerprint density at radius 3 is 2.36 bits per heavy atom. The van der Waals surface area contributed by atoms with E-state index in [0.29, 0.717) is 59.2 Å². The molecule has 5 aromatic rings. The fraction of sp³-hybridized carbons (Fsp3) is 0.255. The van der Waals surface area contributed by atoms with E-state index in [4.69, 9.17) is 18.9 Å². The molecule has 0 bridgehead atoms. The summed E-state index contributed by atoms with van der Waals surface area (Å²) in [6, 6.07) is 24.4. The number of piperidine rings is 1. The van der Waals surface area contributed by atoms with E-state index in [0.717, 1.165) is 37.7 Å². The number of aromatic hydroxyl groups is 2. The highest BCUT2D eigenvalue weighted by molar-refractivity contribution is 5.99. The molecular weight excluding hydrogens is 781 g/mol. The van der Waals surface area contributed by atoms with Gasteiger partial charge in [0.05, 0.1) is 5.56 Å². The van der Waals surface area contributed by atoms with Crippen molar-refractivity contribution < 1.29 is 48.3 Å². The predicted molar refractivity (Wildman–Crippen MR) is 224 cm³/mol. The lowest BCUT2D eigenvalue weighted by atomic mass is 9.77. The Bertz CT molecular complexity index is 2430. The van der Waals surface area contributed by atoms with Gasteiger partial charge < -0.3 is 39.4 Å². The number of carbonyl (C=O) groups excluding carboxylic acids is 4. The average molecular weight is 825 g/mol. The van der Waals surface area contributed by atoms with Gasteiger partial charge in [-0.25, -0.2) is 9.59 Å². The number of amides is 3. The first-order chi connectivity index (χ1) is 29.7. The Kier molecular flexibility index (Phi) is 11.8. The van der Waals surface area contributed by atoms with Gasteiger partial charge in [-0.05, 0) is 97.5 Å².